The Morgan fingerprint density at radius 2 is 2.11 bits per heavy atom. The van der Waals surface area contributed by atoms with Crippen LogP contribution in [0, 0.1) is 6.92 Å². The summed E-state index contributed by atoms with van der Waals surface area (Å²) < 4.78 is 2.11. The standard InChI is InChI=1S/C15H18N2O/c1-3-17-13-7-5-4-6-12(13)10(2)14(17)15(18)16-11-8-9-11/h4-7,11H,3,8-9H2,1-2H3,(H,16,18). The number of carbonyl (C=O) groups is 1. The van der Waals surface area contributed by atoms with Crippen LogP contribution in [-0.4, -0.2) is 16.5 Å². The van der Waals surface area contributed by atoms with Crippen LogP contribution in [0.2, 0.25) is 0 Å². The molecule has 1 saturated carbocycles. The van der Waals surface area contributed by atoms with Gasteiger partial charge in [-0.15, -0.1) is 0 Å². The Hall–Kier alpha value is -1.77. The lowest BCUT2D eigenvalue weighted by atomic mass is 10.1. The molecule has 3 nitrogen and oxygen atoms in total. The molecular weight excluding hydrogens is 224 g/mol. The van der Waals surface area contributed by atoms with E-state index >= 15 is 0 Å². The number of aryl methyl sites for hydroxylation is 2. The van der Waals surface area contributed by atoms with Gasteiger partial charge in [-0.25, -0.2) is 0 Å². The van der Waals surface area contributed by atoms with Crippen molar-refractivity contribution in [3.63, 3.8) is 0 Å². The lowest BCUT2D eigenvalue weighted by Crippen LogP contribution is -2.28. The van der Waals surface area contributed by atoms with Crippen LogP contribution in [0.5, 0.6) is 0 Å². The van der Waals surface area contributed by atoms with Gasteiger partial charge in [0.1, 0.15) is 5.69 Å². The summed E-state index contributed by atoms with van der Waals surface area (Å²) in [7, 11) is 0. The van der Waals surface area contributed by atoms with Crippen molar-refractivity contribution in [3.8, 4) is 0 Å². The Bertz CT molecular complexity index is 608. The number of nitrogens with one attached hydrogen (secondary N) is 1. The predicted molar refractivity (Wildman–Crippen MR) is 72.8 cm³/mol. The average Bonchev–Trinajstić information content (AvgIpc) is 3.13. The number of hydrogen-bond acceptors (Lipinski definition) is 1. The summed E-state index contributed by atoms with van der Waals surface area (Å²) in [6.45, 7) is 4.94. The number of rotatable bonds is 3. The Kier molecular flexibility index (Phi) is 2.62. The molecule has 0 radical (unpaired) electrons. The van der Waals surface area contributed by atoms with Gasteiger partial charge in [0, 0.05) is 23.5 Å². The summed E-state index contributed by atoms with van der Waals surface area (Å²) in [5.74, 6) is 0.0769. The molecule has 1 amide bonds. The van der Waals surface area contributed by atoms with E-state index in [2.05, 4.69) is 28.9 Å². The molecule has 3 heteroatoms. The van der Waals surface area contributed by atoms with E-state index in [1.54, 1.807) is 0 Å². The second-order valence-corrected chi connectivity index (χ2v) is 4.98. The molecule has 2 aromatic rings. The smallest absolute Gasteiger partial charge is 0.268 e. The monoisotopic (exact) mass is 242 g/mol. The third kappa shape index (κ3) is 1.70. The largest absolute Gasteiger partial charge is 0.348 e. The topological polar surface area (TPSA) is 34.0 Å². The molecule has 18 heavy (non-hydrogen) atoms. The lowest BCUT2D eigenvalue weighted by Gasteiger charge is -2.09. The molecule has 0 saturated heterocycles. The summed E-state index contributed by atoms with van der Waals surface area (Å²) in [6.07, 6.45) is 2.24. The maximum atomic E-state index is 12.3. The fourth-order valence-electron chi connectivity index (χ4n) is 2.58. The molecule has 94 valence electrons. The van der Waals surface area contributed by atoms with Gasteiger partial charge in [0.25, 0.3) is 5.91 Å². The molecular formula is C15H18N2O. The van der Waals surface area contributed by atoms with E-state index in [4.69, 9.17) is 0 Å². The Labute approximate surface area is 107 Å². The third-order valence-electron chi connectivity index (χ3n) is 3.67. The molecule has 0 atom stereocenters. The first kappa shape index (κ1) is 11.3. The highest BCUT2D eigenvalue weighted by molar-refractivity contribution is 6.01. The zero-order valence-electron chi connectivity index (χ0n) is 10.9. The van der Waals surface area contributed by atoms with Crippen LogP contribution in [0.3, 0.4) is 0 Å². The average molecular weight is 242 g/mol. The second-order valence-electron chi connectivity index (χ2n) is 4.98. The molecule has 1 aliphatic carbocycles. The zero-order valence-corrected chi connectivity index (χ0v) is 10.9. The number of fused-ring (bicyclic) bond motifs is 1. The molecule has 0 spiro atoms. The minimum Gasteiger partial charge on any atom is -0.348 e. The molecule has 1 aromatic heterocycles. The van der Waals surface area contributed by atoms with Crippen molar-refractivity contribution in [3.05, 3.63) is 35.5 Å². The Balaban J connectivity index is 2.13. The van der Waals surface area contributed by atoms with Gasteiger partial charge in [0.15, 0.2) is 0 Å². The van der Waals surface area contributed by atoms with Crippen molar-refractivity contribution in [2.45, 2.75) is 39.3 Å². The summed E-state index contributed by atoms with van der Waals surface area (Å²) in [4.78, 5) is 12.3. The highest BCUT2D eigenvalue weighted by atomic mass is 16.2. The molecule has 0 unspecified atom stereocenters. The lowest BCUT2D eigenvalue weighted by molar-refractivity contribution is 0.0941. The van der Waals surface area contributed by atoms with Gasteiger partial charge in [-0.3, -0.25) is 4.79 Å². The van der Waals surface area contributed by atoms with Crippen molar-refractivity contribution < 1.29 is 4.79 Å². The van der Waals surface area contributed by atoms with Crippen LogP contribution < -0.4 is 5.32 Å². The van der Waals surface area contributed by atoms with Crippen LogP contribution in [0.25, 0.3) is 10.9 Å². The fourth-order valence-corrected chi connectivity index (χ4v) is 2.58. The minimum atomic E-state index is 0.0769. The van der Waals surface area contributed by atoms with E-state index in [-0.39, 0.29) is 5.91 Å². The van der Waals surface area contributed by atoms with Gasteiger partial charge in [-0.1, -0.05) is 18.2 Å². The molecule has 1 N–H and O–H groups in total. The van der Waals surface area contributed by atoms with E-state index in [0.29, 0.717) is 6.04 Å². The molecule has 3 rings (SSSR count). The molecule has 0 aliphatic heterocycles. The number of para-hydroxylation sites is 1. The predicted octanol–water partition coefficient (Wildman–Crippen LogP) is 2.86. The van der Waals surface area contributed by atoms with Crippen molar-refractivity contribution in [1.29, 1.82) is 0 Å². The fraction of sp³-hybridized carbons (Fsp3) is 0.400. The first-order valence-electron chi connectivity index (χ1n) is 6.61. The third-order valence-corrected chi connectivity index (χ3v) is 3.67. The molecule has 1 aliphatic rings. The summed E-state index contributed by atoms with van der Waals surface area (Å²) in [5.41, 5.74) is 3.06. The molecule has 0 bridgehead atoms. The SMILES string of the molecule is CCn1c(C(=O)NC2CC2)c(C)c2ccccc21. The highest BCUT2D eigenvalue weighted by Crippen LogP contribution is 2.27. The molecule has 1 fully saturated rings. The maximum Gasteiger partial charge on any atom is 0.268 e. The van der Waals surface area contributed by atoms with Gasteiger partial charge in [-0.05, 0) is 38.3 Å². The summed E-state index contributed by atoms with van der Waals surface area (Å²) in [6, 6.07) is 8.62. The maximum absolute atomic E-state index is 12.3. The number of carbonyl (C=O) groups excluding carboxylic acids is 1. The van der Waals surface area contributed by atoms with E-state index in [0.717, 1.165) is 36.2 Å². The molecule has 1 heterocycles. The van der Waals surface area contributed by atoms with Crippen molar-refractivity contribution in [2.24, 2.45) is 0 Å². The van der Waals surface area contributed by atoms with Crippen LogP contribution in [0.15, 0.2) is 24.3 Å². The number of nitrogens with zero attached hydrogens (tertiary/aromatic N) is 1. The minimum absolute atomic E-state index is 0.0769. The van der Waals surface area contributed by atoms with Crippen molar-refractivity contribution in [1.82, 2.24) is 9.88 Å². The van der Waals surface area contributed by atoms with Gasteiger partial charge in [0.2, 0.25) is 0 Å². The van der Waals surface area contributed by atoms with Crippen molar-refractivity contribution >= 4 is 16.8 Å². The van der Waals surface area contributed by atoms with Crippen LogP contribution in [0.1, 0.15) is 35.8 Å². The van der Waals surface area contributed by atoms with Gasteiger partial charge < -0.3 is 9.88 Å². The first-order valence-corrected chi connectivity index (χ1v) is 6.61. The zero-order chi connectivity index (χ0) is 12.7. The number of benzene rings is 1. The van der Waals surface area contributed by atoms with Crippen LogP contribution in [-0.2, 0) is 6.54 Å². The van der Waals surface area contributed by atoms with Gasteiger partial charge >= 0.3 is 0 Å². The van der Waals surface area contributed by atoms with Crippen molar-refractivity contribution in [2.75, 3.05) is 0 Å². The number of amides is 1. The summed E-state index contributed by atoms with van der Waals surface area (Å²) >= 11 is 0. The number of hydrogen-bond donors (Lipinski definition) is 1. The normalized spacial score (nSPS) is 15.0. The van der Waals surface area contributed by atoms with E-state index in [1.807, 2.05) is 19.1 Å². The summed E-state index contributed by atoms with van der Waals surface area (Å²) in [5, 5.41) is 4.27. The quantitative estimate of drug-likeness (QED) is 0.882. The molecule has 1 aromatic carbocycles. The van der Waals surface area contributed by atoms with Crippen LogP contribution in [0.4, 0.5) is 0 Å². The van der Waals surface area contributed by atoms with Gasteiger partial charge in [0.05, 0.1) is 0 Å². The second kappa shape index (κ2) is 4.16. The van der Waals surface area contributed by atoms with Gasteiger partial charge in [-0.2, -0.15) is 0 Å². The van der Waals surface area contributed by atoms with Crippen LogP contribution >= 0.6 is 0 Å². The van der Waals surface area contributed by atoms with E-state index in [9.17, 15) is 4.79 Å². The Morgan fingerprint density at radius 3 is 2.78 bits per heavy atom. The Morgan fingerprint density at radius 1 is 1.39 bits per heavy atom. The van der Waals surface area contributed by atoms with E-state index in [1.165, 1.54) is 5.39 Å². The highest BCUT2D eigenvalue weighted by Gasteiger charge is 2.26. The van der Waals surface area contributed by atoms with E-state index < -0.39 is 0 Å². The number of aromatic nitrogens is 1. The first-order chi connectivity index (χ1) is 8.72.